The topological polar surface area (TPSA) is 52.4 Å². The first-order valence-corrected chi connectivity index (χ1v) is 8.85. The summed E-state index contributed by atoms with van der Waals surface area (Å²) in [6.45, 7) is 3.57. The van der Waals surface area contributed by atoms with Gasteiger partial charge in [0.15, 0.2) is 0 Å². The van der Waals surface area contributed by atoms with Crippen LogP contribution in [0.3, 0.4) is 0 Å². The van der Waals surface area contributed by atoms with E-state index in [1.165, 1.54) is 16.9 Å². The number of anilines is 2. The third kappa shape index (κ3) is 3.00. The maximum Gasteiger partial charge on any atom is 0.146 e. The first-order valence-electron chi connectivity index (χ1n) is 8.85. The van der Waals surface area contributed by atoms with E-state index in [0.717, 1.165) is 62.6 Å². The normalized spacial score (nSPS) is 16.5. The maximum absolute atomic E-state index is 9.53. The lowest BCUT2D eigenvalue weighted by molar-refractivity contribution is 0.414. The Morgan fingerprint density at radius 3 is 2.64 bits per heavy atom. The fourth-order valence-corrected chi connectivity index (χ4v) is 3.77. The van der Waals surface area contributed by atoms with Crippen molar-refractivity contribution >= 4 is 11.5 Å². The molecule has 0 N–H and O–H groups in total. The van der Waals surface area contributed by atoms with Gasteiger partial charge in [-0.25, -0.2) is 4.98 Å². The van der Waals surface area contributed by atoms with Crippen LogP contribution in [0.4, 0.5) is 11.5 Å². The number of nitriles is 1. The van der Waals surface area contributed by atoms with Crippen LogP contribution < -0.4 is 14.5 Å². The van der Waals surface area contributed by atoms with Gasteiger partial charge in [0.1, 0.15) is 17.6 Å². The average Bonchev–Trinajstić information content (AvgIpc) is 3.14. The summed E-state index contributed by atoms with van der Waals surface area (Å²) < 4.78 is 5.33. The predicted octanol–water partition coefficient (Wildman–Crippen LogP) is 2.78. The van der Waals surface area contributed by atoms with Crippen LogP contribution >= 0.6 is 0 Å². The molecule has 0 radical (unpaired) electrons. The van der Waals surface area contributed by atoms with E-state index in [2.05, 4.69) is 34.1 Å². The van der Waals surface area contributed by atoms with Gasteiger partial charge in [-0.3, -0.25) is 0 Å². The van der Waals surface area contributed by atoms with Gasteiger partial charge in [-0.15, -0.1) is 0 Å². The quantitative estimate of drug-likeness (QED) is 0.864. The summed E-state index contributed by atoms with van der Waals surface area (Å²) in [4.78, 5) is 9.46. The monoisotopic (exact) mass is 334 g/mol. The molecule has 2 aromatic rings. The van der Waals surface area contributed by atoms with Crippen molar-refractivity contribution in [3.05, 3.63) is 47.2 Å². The third-order valence-electron chi connectivity index (χ3n) is 5.15. The average molecular weight is 334 g/mol. The second-order valence-electron chi connectivity index (χ2n) is 6.61. The minimum absolute atomic E-state index is 0.718. The van der Waals surface area contributed by atoms with Crippen LogP contribution in [-0.2, 0) is 12.8 Å². The van der Waals surface area contributed by atoms with Gasteiger partial charge in [0.25, 0.3) is 0 Å². The van der Waals surface area contributed by atoms with E-state index < -0.39 is 0 Å². The Hall–Kier alpha value is -2.74. The number of pyridine rings is 1. The van der Waals surface area contributed by atoms with Gasteiger partial charge in [0.05, 0.1) is 12.7 Å². The van der Waals surface area contributed by atoms with Crippen LogP contribution in [0.25, 0.3) is 0 Å². The molecule has 4 rings (SSSR count). The molecule has 5 heteroatoms. The number of fused-ring (bicyclic) bond motifs is 1. The molecule has 1 fully saturated rings. The van der Waals surface area contributed by atoms with Crippen LogP contribution in [-0.4, -0.2) is 38.3 Å². The number of methoxy groups -OCH3 is 1. The van der Waals surface area contributed by atoms with Gasteiger partial charge >= 0.3 is 0 Å². The minimum Gasteiger partial charge on any atom is -0.497 e. The molecule has 0 spiro atoms. The van der Waals surface area contributed by atoms with E-state index >= 15 is 0 Å². The summed E-state index contributed by atoms with van der Waals surface area (Å²) in [5.74, 6) is 1.75. The molecule has 5 nitrogen and oxygen atoms in total. The zero-order valence-electron chi connectivity index (χ0n) is 14.5. The molecule has 25 heavy (non-hydrogen) atoms. The van der Waals surface area contributed by atoms with Gasteiger partial charge in [-0.1, -0.05) is 6.07 Å². The second-order valence-corrected chi connectivity index (χ2v) is 6.61. The highest BCUT2D eigenvalue weighted by Crippen LogP contribution is 2.29. The van der Waals surface area contributed by atoms with E-state index in [0.29, 0.717) is 0 Å². The summed E-state index contributed by atoms with van der Waals surface area (Å²) >= 11 is 0. The van der Waals surface area contributed by atoms with Crippen molar-refractivity contribution in [2.24, 2.45) is 0 Å². The lowest BCUT2D eigenvalue weighted by atomic mass is 10.1. The molecule has 1 saturated heterocycles. The van der Waals surface area contributed by atoms with Crippen molar-refractivity contribution in [2.75, 3.05) is 43.1 Å². The summed E-state index contributed by atoms with van der Waals surface area (Å²) in [6.07, 6.45) is 3.25. The standard InChI is InChI=1S/C20H22N4O/c1-25-18-6-3-5-17(13-18)23-8-10-24(11-9-23)20-16(14-21)12-15-4-2-7-19(15)22-20/h3,5-6,12-13H,2,4,7-11H2,1H3. The van der Waals surface area contributed by atoms with Gasteiger partial charge < -0.3 is 14.5 Å². The van der Waals surface area contributed by atoms with Crippen molar-refractivity contribution < 1.29 is 4.74 Å². The number of nitrogens with zero attached hydrogens (tertiary/aromatic N) is 4. The number of hydrogen-bond acceptors (Lipinski definition) is 5. The van der Waals surface area contributed by atoms with Crippen LogP contribution in [0, 0.1) is 11.3 Å². The summed E-state index contributed by atoms with van der Waals surface area (Å²) in [5.41, 5.74) is 4.34. The first-order chi connectivity index (χ1) is 12.3. The Bertz CT molecular complexity index is 819. The van der Waals surface area contributed by atoms with Gasteiger partial charge in [-0.2, -0.15) is 5.26 Å². The zero-order valence-corrected chi connectivity index (χ0v) is 14.5. The minimum atomic E-state index is 0.718. The molecule has 1 aliphatic carbocycles. The Morgan fingerprint density at radius 2 is 1.88 bits per heavy atom. The van der Waals surface area contributed by atoms with E-state index in [-0.39, 0.29) is 0 Å². The van der Waals surface area contributed by atoms with Crippen molar-refractivity contribution in [1.82, 2.24) is 4.98 Å². The lowest BCUT2D eigenvalue weighted by Gasteiger charge is -2.37. The number of rotatable bonds is 3. The Balaban J connectivity index is 1.51. The molecule has 128 valence electrons. The highest BCUT2D eigenvalue weighted by molar-refractivity contribution is 5.59. The maximum atomic E-state index is 9.53. The van der Waals surface area contributed by atoms with Crippen LogP contribution in [0.2, 0.25) is 0 Å². The van der Waals surface area contributed by atoms with Crippen LogP contribution in [0.5, 0.6) is 5.75 Å². The van der Waals surface area contributed by atoms with Gasteiger partial charge in [0.2, 0.25) is 0 Å². The highest BCUT2D eigenvalue weighted by Gasteiger charge is 2.23. The predicted molar refractivity (Wildman–Crippen MR) is 98.4 cm³/mol. The van der Waals surface area contributed by atoms with E-state index in [9.17, 15) is 5.26 Å². The van der Waals surface area contributed by atoms with Crippen LogP contribution in [0.15, 0.2) is 30.3 Å². The molecular formula is C20H22N4O. The lowest BCUT2D eigenvalue weighted by Crippen LogP contribution is -2.47. The van der Waals surface area contributed by atoms with Crippen LogP contribution in [0.1, 0.15) is 23.2 Å². The number of ether oxygens (including phenoxy) is 1. The Kier molecular flexibility index (Phi) is 4.19. The molecule has 0 unspecified atom stereocenters. The SMILES string of the molecule is COc1cccc(N2CCN(c3nc4c(cc3C#N)CCC4)CC2)c1. The zero-order chi connectivity index (χ0) is 17.2. The van der Waals surface area contributed by atoms with Crippen molar-refractivity contribution in [2.45, 2.75) is 19.3 Å². The number of piperazine rings is 1. The number of aryl methyl sites for hydroxylation is 2. The smallest absolute Gasteiger partial charge is 0.146 e. The molecule has 1 aromatic heterocycles. The molecule has 1 aromatic carbocycles. The van der Waals surface area contributed by atoms with Gasteiger partial charge in [-0.05, 0) is 43.0 Å². The van der Waals surface area contributed by atoms with E-state index in [1.54, 1.807) is 7.11 Å². The molecule has 0 amide bonds. The molecule has 2 heterocycles. The fraction of sp³-hybridized carbons (Fsp3) is 0.400. The molecule has 1 aliphatic heterocycles. The summed E-state index contributed by atoms with van der Waals surface area (Å²) in [6, 6.07) is 12.6. The molecule has 0 atom stereocenters. The Labute approximate surface area is 148 Å². The number of benzene rings is 1. The largest absolute Gasteiger partial charge is 0.497 e. The van der Waals surface area contributed by atoms with Crippen molar-refractivity contribution in [1.29, 1.82) is 5.26 Å². The van der Waals surface area contributed by atoms with Gasteiger partial charge in [0, 0.05) is 43.6 Å². The molecule has 2 aliphatic rings. The molecule has 0 bridgehead atoms. The van der Waals surface area contributed by atoms with Crippen molar-refractivity contribution in [3.8, 4) is 11.8 Å². The molecular weight excluding hydrogens is 312 g/mol. The summed E-state index contributed by atoms with van der Waals surface area (Å²) in [7, 11) is 1.69. The van der Waals surface area contributed by atoms with E-state index in [4.69, 9.17) is 9.72 Å². The third-order valence-corrected chi connectivity index (χ3v) is 5.15. The highest BCUT2D eigenvalue weighted by atomic mass is 16.5. The summed E-state index contributed by atoms with van der Waals surface area (Å²) in [5, 5.41) is 9.53. The van der Waals surface area contributed by atoms with E-state index in [1.807, 2.05) is 12.1 Å². The first kappa shape index (κ1) is 15.8. The van der Waals surface area contributed by atoms with Crippen molar-refractivity contribution in [3.63, 3.8) is 0 Å². The number of hydrogen-bond donors (Lipinski definition) is 0. The number of aromatic nitrogens is 1. The fourth-order valence-electron chi connectivity index (χ4n) is 3.77. The molecule has 0 saturated carbocycles. The Morgan fingerprint density at radius 1 is 1.08 bits per heavy atom. The second kappa shape index (κ2) is 6.64.